The number of alkyl halides is 1. The van der Waals surface area contributed by atoms with E-state index in [4.69, 9.17) is 14.9 Å². The van der Waals surface area contributed by atoms with Gasteiger partial charge in [-0.3, -0.25) is 9.59 Å². The first kappa shape index (κ1) is 27.6. The monoisotopic (exact) mass is 551 g/mol. The van der Waals surface area contributed by atoms with E-state index < -0.39 is 24.7 Å². The van der Waals surface area contributed by atoms with Gasteiger partial charge in [0.2, 0.25) is 17.6 Å². The van der Waals surface area contributed by atoms with E-state index in [-0.39, 0.29) is 35.3 Å². The number of likely N-dealkylation sites (tertiary alicyclic amines) is 1. The number of rotatable bonds is 8. The quantitative estimate of drug-likeness (QED) is 0.373. The third-order valence-electron chi connectivity index (χ3n) is 8.39. The van der Waals surface area contributed by atoms with Gasteiger partial charge in [-0.2, -0.15) is 0 Å². The number of aromatic carboxylic acids is 1. The lowest BCUT2D eigenvalue weighted by molar-refractivity contribution is -0.141. The number of nitrogens with zero attached hydrogens (tertiary/aromatic N) is 1. The van der Waals surface area contributed by atoms with Crippen molar-refractivity contribution in [2.24, 2.45) is 17.6 Å². The Morgan fingerprint density at radius 2 is 1.82 bits per heavy atom. The number of ether oxygens (including phenoxy) is 1. The highest BCUT2D eigenvalue weighted by molar-refractivity contribution is 6.00. The second kappa shape index (κ2) is 11.7. The molecular weight excluding hydrogens is 517 g/mol. The molecule has 0 radical (unpaired) electrons. The van der Waals surface area contributed by atoms with E-state index >= 15 is 0 Å². The topological polar surface area (TPSA) is 135 Å². The largest absolute Gasteiger partial charge is 0.497 e. The van der Waals surface area contributed by atoms with Crippen LogP contribution in [0.15, 0.2) is 52.9 Å². The van der Waals surface area contributed by atoms with Crippen LogP contribution in [0.1, 0.15) is 54.1 Å². The summed E-state index contributed by atoms with van der Waals surface area (Å²) in [7, 11) is 1.59. The highest BCUT2D eigenvalue weighted by Gasteiger charge is 2.45. The minimum absolute atomic E-state index is 0.0557. The molecule has 3 atom stereocenters. The number of amides is 2. The predicted molar refractivity (Wildman–Crippen MR) is 147 cm³/mol. The van der Waals surface area contributed by atoms with E-state index in [1.54, 1.807) is 30.2 Å². The van der Waals surface area contributed by atoms with Gasteiger partial charge in [0.05, 0.1) is 7.11 Å². The molecule has 9 nitrogen and oxygen atoms in total. The van der Waals surface area contributed by atoms with Gasteiger partial charge in [0.15, 0.2) is 0 Å². The molecular formula is C30H34FN3O6. The van der Waals surface area contributed by atoms with Crippen LogP contribution in [-0.4, -0.2) is 60.2 Å². The van der Waals surface area contributed by atoms with Crippen LogP contribution in [0.3, 0.4) is 0 Å². The first-order valence-electron chi connectivity index (χ1n) is 13.6. The van der Waals surface area contributed by atoms with Gasteiger partial charge in [0.1, 0.15) is 24.0 Å². The summed E-state index contributed by atoms with van der Waals surface area (Å²) in [6.07, 6.45) is 3.26. The third kappa shape index (κ3) is 5.54. The SMILES string of the molecule is COc1ccc([C@@H]2CCN(C(=O)C3CCC(C(N)CF)CC3)[C@@H]2C(=O)Nc2ccc3oc(C(=O)O)cc3c2)cc1. The number of methoxy groups -OCH3 is 1. The number of nitrogens with one attached hydrogen (secondary N) is 1. The fourth-order valence-electron chi connectivity index (χ4n) is 6.16. The number of hydrogen-bond acceptors (Lipinski definition) is 6. The van der Waals surface area contributed by atoms with Crippen LogP contribution in [0, 0.1) is 11.8 Å². The first-order valence-corrected chi connectivity index (χ1v) is 13.6. The highest BCUT2D eigenvalue weighted by Crippen LogP contribution is 2.39. The molecule has 2 heterocycles. The van der Waals surface area contributed by atoms with Crippen LogP contribution in [0.5, 0.6) is 5.75 Å². The van der Waals surface area contributed by atoms with Crippen LogP contribution in [0.2, 0.25) is 0 Å². The number of benzene rings is 2. The minimum atomic E-state index is -1.18. The van der Waals surface area contributed by atoms with Gasteiger partial charge in [-0.1, -0.05) is 12.1 Å². The Balaban J connectivity index is 1.38. The Morgan fingerprint density at radius 3 is 2.48 bits per heavy atom. The number of carboxylic acid groups (broad SMARTS) is 1. The van der Waals surface area contributed by atoms with Crippen molar-refractivity contribution < 1.29 is 33.0 Å². The predicted octanol–water partition coefficient (Wildman–Crippen LogP) is 4.57. The Hall–Kier alpha value is -3.92. The van der Waals surface area contributed by atoms with Gasteiger partial charge in [-0.15, -0.1) is 0 Å². The molecule has 2 amide bonds. The Bertz CT molecular complexity index is 1380. The zero-order valence-corrected chi connectivity index (χ0v) is 22.3. The maximum Gasteiger partial charge on any atom is 0.371 e. The van der Waals surface area contributed by atoms with Gasteiger partial charge in [0.25, 0.3) is 0 Å². The zero-order chi connectivity index (χ0) is 28.4. The molecule has 1 aliphatic heterocycles. The normalized spacial score (nSPS) is 23.6. The van der Waals surface area contributed by atoms with E-state index in [1.807, 2.05) is 24.3 Å². The fourth-order valence-corrected chi connectivity index (χ4v) is 6.16. The molecule has 1 unspecified atom stereocenters. The molecule has 40 heavy (non-hydrogen) atoms. The average Bonchev–Trinajstić information content (AvgIpc) is 3.61. The number of halogens is 1. The van der Waals surface area contributed by atoms with Crippen LogP contribution < -0.4 is 15.8 Å². The average molecular weight is 552 g/mol. The van der Waals surface area contributed by atoms with Crippen LogP contribution in [0.4, 0.5) is 10.1 Å². The van der Waals surface area contributed by atoms with Crippen molar-refractivity contribution >= 4 is 34.4 Å². The molecule has 2 aromatic carbocycles. The van der Waals surface area contributed by atoms with E-state index in [2.05, 4.69) is 5.32 Å². The van der Waals surface area contributed by atoms with Crippen LogP contribution in [-0.2, 0) is 9.59 Å². The third-order valence-corrected chi connectivity index (χ3v) is 8.39. The number of carbonyl (C=O) groups excluding carboxylic acids is 2. The lowest BCUT2D eigenvalue weighted by Gasteiger charge is -2.35. The molecule has 1 saturated heterocycles. The Morgan fingerprint density at radius 1 is 1.10 bits per heavy atom. The summed E-state index contributed by atoms with van der Waals surface area (Å²) >= 11 is 0. The molecule has 1 aromatic heterocycles. The van der Waals surface area contributed by atoms with E-state index in [0.717, 1.165) is 5.56 Å². The maximum atomic E-state index is 13.8. The molecule has 2 fully saturated rings. The molecule has 5 rings (SSSR count). The number of anilines is 1. The van der Waals surface area contributed by atoms with E-state index in [9.17, 15) is 23.9 Å². The molecule has 2 aliphatic rings. The second-order valence-electron chi connectivity index (χ2n) is 10.7. The van der Waals surface area contributed by atoms with Crippen molar-refractivity contribution in [2.75, 3.05) is 25.6 Å². The Kier molecular flexibility index (Phi) is 8.07. The molecule has 1 aliphatic carbocycles. The minimum Gasteiger partial charge on any atom is -0.497 e. The van der Waals surface area contributed by atoms with Gasteiger partial charge < -0.3 is 30.2 Å². The summed E-state index contributed by atoms with van der Waals surface area (Å²) in [6.45, 7) is -0.121. The molecule has 0 spiro atoms. The number of carboxylic acids is 1. The molecule has 4 N–H and O–H groups in total. The Labute approximate surface area is 231 Å². The number of carbonyl (C=O) groups is 3. The molecule has 3 aromatic rings. The summed E-state index contributed by atoms with van der Waals surface area (Å²) in [6, 6.07) is 12.6. The van der Waals surface area contributed by atoms with Crippen molar-refractivity contribution in [3.63, 3.8) is 0 Å². The summed E-state index contributed by atoms with van der Waals surface area (Å²) in [5.41, 5.74) is 7.72. The van der Waals surface area contributed by atoms with Crippen molar-refractivity contribution in [1.29, 1.82) is 0 Å². The molecule has 1 saturated carbocycles. The van der Waals surface area contributed by atoms with E-state index in [0.29, 0.717) is 61.1 Å². The maximum absolute atomic E-state index is 13.8. The summed E-state index contributed by atoms with van der Waals surface area (Å²) in [5, 5.41) is 12.7. The lowest BCUT2D eigenvalue weighted by Crippen LogP contribution is -2.48. The van der Waals surface area contributed by atoms with Crippen molar-refractivity contribution in [1.82, 2.24) is 4.90 Å². The summed E-state index contributed by atoms with van der Waals surface area (Å²) in [4.78, 5) is 40.6. The standard InChI is InChI=1S/C30H34FN3O6/c1-39-22-9-6-17(7-10-22)23-12-13-34(29(36)19-4-2-18(3-5-19)24(32)16-31)27(23)28(35)33-21-8-11-25-20(14-21)15-26(40-25)30(37)38/h6-11,14-15,18-19,23-24,27H,2-5,12-13,16,32H2,1H3,(H,33,35)(H,37,38)/t18?,19?,23-,24?,27-/m0/s1. The summed E-state index contributed by atoms with van der Waals surface area (Å²) < 4.78 is 23.7. The van der Waals surface area contributed by atoms with Crippen molar-refractivity contribution in [3.05, 3.63) is 59.9 Å². The van der Waals surface area contributed by atoms with Crippen LogP contribution in [0.25, 0.3) is 11.0 Å². The fraction of sp³-hybridized carbons (Fsp3) is 0.433. The number of furan rings is 1. The smallest absolute Gasteiger partial charge is 0.371 e. The number of hydrogen-bond donors (Lipinski definition) is 3. The first-order chi connectivity index (χ1) is 19.3. The van der Waals surface area contributed by atoms with Gasteiger partial charge in [-0.25, -0.2) is 9.18 Å². The van der Waals surface area contributed by atoms with Gasteiger partial charge in [0, 0.05) is 35.5 Å². The zero-order valence-electron chi connectivity index (χ0n) is 22.3. The number of nitrogens with two attached hydrogens (primary N) is 1. The van der Waals surface area contributed by atoms with Crippen molar-refractivity contribution in [3.8, 4) is 5.75 Å². The van der Waals surface area contributed by atoms with Crippen molar-refractivity contribution in [2.45, 2.75) is 50.1 Å². The number of fused-ring (bicyclic) bond motifs is 1. The summed E-state index contributed by atoms with van der Waals surface area (Å²) in [5.74, 6) is -1.42. The lowest BCUT2D eigenvalue weighted by atomic mass is 9.78. The molecule has 0 bridgehead atoms. The van der Waals surface area contributed by atoms with E-state index in [1.165, 1.54) is 6.07 Å². The molecule has 10 heteroatoms. The second-order valence-corrected chi connectivity index (χ2v) is 10.7. The van der Waals surface area contributed by atoms with Gasteiger partial charge >= 0.3 is 5.97 Å². The molecule has 212 valence electrons. The van der Waals surface area contributed by atoms with Gasteiger partial charge in [-0.05, 0) is 80.0 Å². The van der Waals surface area contributed by atoms with Crippen LogP contribution >= 0.6 is 0 Å². The highest BCUT2D eigenvalue weighted by atomic mass is 19.1.